The molecule has 1 aliphatic heterocycles. The lowest BCUT2D eigenvalue weighted by Crippen LogP contribution is -2.30. The van der Waals surface area contributed by atoms with Crippen LogP contribution in [0.4, 0.5) is 0 Å². The molecular formula is C25H28ClNO4. The number of aliphatic hydroxyl groups excluding tert-OH is 1. The van der Waals surface area contributed by atoms with Crippen molar-refractivity contribution in [1.29, 1.82) is 0 Å². The van der Waals surface area contributed by atoms with Crippen LogP contribution in [0.25, 0.3) is 5.76 Å². The van der Waals surface area contributed by atoms with Crippen LogP contribution >= 0.6 is 11.6 Å². The summed E-state index contributed by atoms with van der Waals surface area (Å²) in [6.07, 6.45) is 2.75. The first-order valence-corrected chi connectivity index (χ1v) is 11.0. The quantitative estimate of drug-likeness (QED) is 0.248. The van der Waals surface area contributed by atoms with Crippen LogP contribution < -0.4 is 4.74 Å². The normalized spacial score (nSPS) is 17.9. The number of amides is 1. The van der Waals surface area contributed by atoms with Crippen molar-refractivity contribution in [3.05, 3.63) is 69.8 Å². The van der Waals surface area contributed by atoms with E-state index < -0.39 is 17.7 Å². The third kappa shape index (κ3) is 4.77. The van der Waals surface area contributed by atoms with Gasteiger partial charge in [0.15, 0.2) is 0 Å². The van der Waals surface area contributed by atoms with Gasteiger partial charge in [0.1, 0.15) is 11.5 Å². The number of unbranched alkanes of at least 4 members (excludes halogenated alkanes) is 2. The third-order valence-electron chi connectivity index (χ3n) is 5.40. The van der Waals surface area contributed by atoms with Gasteiger partial charge in [0, 0.05) is 12.1 Å². The summed E-state index contributed by atoms with van der Waals surface area (Å²) in [5.74, 6) is -1.06. The van der Waals surface area contributed by atoms with Gasteiger partial charge >= 0.3 is 0 Å². The number of nitrogens with zero attached hydrogens (tertiary/aromatic N) is 1. The summed E-state index contributed by atoms with van der Waals surface area (Å²) < 4.78 is 5.52. The van der Waals surface area contributed by atoms with Crippen molar-refractivity contribution in [3.8, 4) is 5.75 Å². The molecule has 0 aromatic heterocycles. The first kappa shape index (κ1) is 22.9. The molecule has 31 heavy (non-hydrogen) atoms. The molecule has 0 saturated carbocycles. The second-order valence-electron chi connectivity index (χ2n) is 7.69. The Morgan fingerprint density at radius 3 is 2.58 bits per heavy atom. The van der Waals surface area contributed by atoms with E-state index in [0.717, 1.165) is 30.4 Å². The van der Waals surface area contributed by atoms with E-state index in [0.29, 0.717) is 29.5 Å². The monoisotopic (exact) mass is 441 g/mol. The van der Waals surface area contributed by atoms with Crippen molar-refractivity contribution < 1.29 is 19.4 Å². The topological polar surface area (TPSA) is 66.8 Å². The molecule has 1 aliphatic rings. The number of aliphatic hydroxyl groups is 1. The van der Waals surface area contributed by atoms with E-state index in [1.807, 2.05) is 38.1 Å². The van der Waals surface area contributed by atoms with Gasteiger partial charge < -0.3 is 14.7 Å². The van der Waals surface area contributed by atoms with Crippen LogP contribution in [0.1, 0.15) is 55.8 Å². The molecule has 5 nitrogen and oxygen atoms in total. The Bertz CT molecular complexity index is 1010. The van der Waals surface area contributed by atoms with Gasteiger partial charge in [-0.1, -0.05) is 61.2 Å². The Morgan fingerprint density at radius 2 is 1.90 bits per heavy atom. The smallest absolute Gasteiger partial charge is 0.295 e. The molecule has 3 rings (SSSR count). The maximum absolute atomic E-state index is 13.0. The molecule has 1 heterocycles. The zero-order chi connectivity index (χ0) is 22.5. The summed E-state index contributed by atoms with van der Waals surface area (Å²) in [7, 11) is 0. The predicted molar refractivity (Wildman–Crippen MR) is 122 cm³/mol. The molecule has 1 N–H and O–H groups in total. The van der Waals surface area contributed by atoms with Crippen molar-refractivity contribution in [1.82, 2.24) is 4.90 Å². The van der Waals surface area contributed by atoms with Gasteiger partial charge in [0.25, 0.3) is 11.7 Å². The van der Waals surface area contributed by atoms with Crippen LogP contribution in [0.5, 0.6) is 5.75 Å². The van der Waals surface area contributed by atoms with E-state index in [2.05, 4.69) is 6.92 Å². The van der Waals surface area contributed by atoms with Gasteiger partial charge in [-0.05, 0) is 44.0 Å². The SMILES string of the molecule is CCCCCN1C(=O)C(=O)/C(=C(\O)c2ccc(Cl)c(OCC)c2)C1c1cccc(C)c1. The standard InChI is InChI=1S/C25H28ClNO4/c1-4-6-7-13-27-22(17-10-8-9-16(3)14-17)21(24(29)25(27)30)23(28)18-11-12-19(26)20(15-18)31-5-2/h8-12,14-15,22,28H,4-7,13H2,1-3H3/b23-21-. The molecule has 1 amide bonds. The van der Waals surface area contributed by atoms with Crippen molar-refractivity contribution in [2.45, 2.75) is 46.1 Å². The van der Waals surface area contributed by atoms with E-state index in [1.165, 1.54) is 0 Å². The van der Waals surface area contributed by atoms with Crippen LogP contribution in [0.3, 0.4) is 0 Å². The molecule has 164 valence electrons. The minimum atomic E-state index is -0.673. The molecule has 0 spiro atoms. The number of benzene rings is 2. The van der Waals surface area contributed by atoms with Crippen LogP contribution in [0.15, 0.2) is 48.0 Å². The Kier molecular flexibility index (Phi) is 7.39. The maximum atomic E-state index is 13.0. The molecule has 2 aromatic rings. The number of ketones is 1. The average molecular weight is 442 g/mol. The maximum Gasteiger partial charge on any atom is 0.295 e. The van der Waals surface area contributed by atoms with E-state index >= 15 is 0 Å². The number of aryl methyl sites for hydroxylation is 1. The van der Waals surface area contributed by atoms with Gasteiger partial charge in [-0.2, -0.15) is 0 Å². The Balaban J connectivity index is 2.14. The lowest BCUT2D eigenvalue weighted by molar-refractivity contribution is -0.139. The average Bonchev–Trinajstić information content (AvgIpc) is 3.00. The molecule has 1 saturated heterocycles. The zero-order valence-corrected chi connectivity index (χ0v) is 18.9. The van der Waals surface area contributed by atoms with E-state index in [9.17, 15) is 14.7 Å². The Labute approximate surface area is 188 Å². The highest BCUT2D eigenvalue weighted by Gasteiger charge is 2.45. The number of carbonyl (C=O) groups excluding carboxylic acids is 2. The van der Waals surface area contributed by atoms with E-state index in [4.69, 9.17) is 16.3 Å². The minimum absolute atomic E-state index is 0.0943. The van der Waals surface area contributed by atoms with Crippen LogP contribution in [0, 0.1) is 6.92 Å². The molecule has 2 aromatic carbocycles. The van der Waals surface area contributed by atoms with E-state index in [1.54, 1.807) is 23.1 Å². The van der Waals surface area contributed by atoms with Crippen LogP contribution in [-0.2, 0) is 9.59 Å². The van der Waals surface area contributed by atoms with E-state index in [-0.39, 0.29) is 11.3 Å². The number of likely N-dealkylation sites (tertiary alicyclic amines) is 1. The summed E-state index contributed by atoms with van der Waals surface area (Å²) in [4.78, 5) is 27.5. The van der Waals surface area contributed by atoms with Gasteiger partial charge in [-0.25, -0.2) is 0 Å². The predicted octanol–water partition coefficient (Wildman–Crippen LogP) is 5.66. The fraction of sp³-hybridized carbons (Fsp3) is 0.360. The van der Waals surface area contributed by atoms with Gasteiger partial charge in [-0.15, -0.1) is 0 Å². The molecule has 1 unspecified atom stereocenters. The lowest BCUT2D eigenvalue weighted by atomic mass is 9.94. The highest BCUT2D eigenvalue weighted by atomic mass is 35.5. The summed E-state index contributed by atoms with van der Waals surface area (Å²) in [5.41, 5.74) is 2.30. The molecular weight excluding hydrogens is 414 g/mol. The fourth-order valence-electron chi connectivity index (χ4n) is 3.90. The summed E-state index contributed by atoms with van der Waals surface area (Å²) in [5, 5.41) is 11.6. The second-order valence-corrected chi connectivity index (χ2v) is 8.10. The summed E-state index contributed by atoms with van der Waals surface area (Å²) >= 11 is 6.18. The van der Waals surface area contributed by atoms with Gasteiger partial charge in [0.05, 0.1) is 23.2 Å². The third-order valence-corrected chi connectivity index (χ3v) is 5.72. The molecule has 1 atom stereocenters. The highest BCUT2D eigenvalue weighted by Crippen LogP contribution is 2.40. The van der Waals surface area contributed by atoms with Crippen LogP contribution in [-0.4, -0.2) is 34.8 Å². The molecule has 1 fully saturated rings. The summed E-state index contributed by atoms with van der Waals surface area (Å²) in [6.45, 7) is 6.75. The van der Waals surface area contributed by atoms with Gasteiger partial charge in [0.2, 0.25) is 0 Å². The van der Waals surface area contributed by atoms with Gasteiger partial charge in [-0.3, -0.25) is 9.59 Å². The van der Waals surface area contributed by atoms with Crippen molar-refractivity contribution in [3.63, 3.8) is 0 Å². The lowest BCUT2D eigenvalue weighted by Gasteiger charge is -2.25. The second kappa shape index (κ2) is 10.0. The number of ether oxygens (including phenoxy) is 1. The number of hydrogen-bond donors (Lipinski definition) is 1. The first-order valence-electron chi connectivity index (χ1n) is 10.7. The zero-order valence-electron chi connectivity index (χ0n) is 18.2. The highest BCUT2D eigenvalue weighted by molar-refractivity contribution is 6.46. The number of hydrogen-bond acceptors (Lipinski definition) is 4. The first-order chi connectivity index (χ1) is 14.9. The van der Waals surface area contributed by atoms with Crippen molar-refractivity contribution >= 4 is 29.1 Å². The minimum Gasteiger partial charge on any atom is -0.507 e. The van der Waals surface area contributed by atoms with Crippen molar-refractivity contribution in [2.24, 2.45) is 0 Å². The number of halogens is 1. The van der Waals surface area contributed by atoms with Crippen molar-refractivity contribution in [2.75, 3.05) is 13.2 Å². The molecule has 0 aliphatic carbocycles. The molecule has 6 heteroatoms. The number of Topliss-reactive ketones (excluding diaryl/α,β-unsaturated/α-hetero) is 1. The Hall–Kier alpha value is -2.79. The summed E-state index contributed by atoms with van der Waals surface area (Å²) in [6, 6.07) is 11.9. The number of carbonyl (C=O) groups is 2. The molecule has 0 radical (unpaired) electrons. The fourth-order valence-corrected chi connectivity index (χ4v) is 4.07. The number of rotatable bonds is 8. The van der Waals surface area contributed by atoms with Crippen LogP contribution in [0.2, 0.25) is 5.02 Å². The molecule has 0 bridgehead atoms. The Morgan fingerprint density at radius 1 is 1.13 bits per heavy atom. The largest absolute Gasteiger partial charge is 0.507 e.